The molecule has 0 radical (unpaired) electrons. The third kappa shape index (κ3) is 8.05. The molecule has 0 aromatic heterocycles. The fraction of sp³-hybridized carbons (Fsp3) is 0.207. The lowest BCUT2D eigenvalue weighted by atomic mass is 9.92. The van der Waals surface area contributed by atoms with Crippen LogP contribution < -0.4 is 4.74 Å². The number of carbonyl (C=O) groups is 1. The van der Waals surface area contributed by atoms with E-state index < -0.39 is 6.36 Å². The second-order valence-electron chi connectivity index (χ2n) is 8.50. The van der Waals surface area contributed by atoms with Gasteiger partial charge in [-0.25, -0.2) is 5.01 Å². The highest BCUT2D eigenvalue weighted by Gasteiger charge is 2.31. The van der Waals surface area contributed by atoms with E-state index in [2.05, 4.69) is 14.8 Å². The van der Waals surface area contributed by atoms with E-state index in [1.807, 2.05) is 43.3 Å². The minimum Gasteiger partial charge on any atom is -0.406 e. The number of halogens is 4. The zero-order valence-corrected chi connectivity index (χ0v) is 22.1. The number of alkyl halides is 3. The van der Waals surface area contributed by atoms with Crippen molar-refractivity contribution in [2.45, 2.75) is 33.7 Å². The van der Waals surface area contributed by atoms with Crippen LogP contribution in [0.15, 0.2) is 82.9 Å². The highest BCUT2D eigenvalue weighted by Crippen LogP contribution is 2.29. The van der Waals surface area contributed by atoms with Crippen molar-refractivity contribution in [2.24, 2.45) is 10.1 Å². The van der Waals surface area contributed by atoms with Crippen molar-refractivity contribution in [3.05, 3.63) is 100 Å². The first-order valence-electron chi connectivity index (χ1n) is 11.6. The Morgan fingerprint density at radius 1 is 0.947 bits per heavy atom. The number of rotatable bonds is 8. The van der Waals surface area contributed by atoms with E-state index in [0.717, 1.165) is 27.8 Å². The quantitative estimate of drug-likeness (QED) is 0.168. The summed E-state index contributed by atoms with van der Waals surface area (Å²) in [5.74, 6) is -0.674. The van der Waals surface area contributed by atoms with Crippen LogP contribution in [0.3, 0.4) is 0 Å². The van der Waals surface area contributed by atoms with Gasteiger partial charge in [-0.2, -0.15) is 5.10 Å². The third-order valence-electron chi connectivity index (χ3n) is 5.51. The van der Waals surface area contributed by atoms with Gasteiger partial charge in [-0.15, -0.1) is 13.2 Å². The van der Waals surface area contributed by atoms with Gasteiger partial charge in [0.15, 0.2) is 0 Å². The average Bonchev–Trinajstić information content (AvgIpc) is 2.85. The zero-order chi connectivity index (χ0) is 27.9. The molecule has 38 heavy (non-hydrogen) atoms. The number of hydrazone groups is 1. The molecular weight excluding hydrogens is 515 g/mol. The van der Waals surface area contributed by atoms with Gasteiger partial charge in [0.05, 0.1) is 12.3 Å². The van der Waals surface area contributed by atoms with Gasteiger partial charge < -0.3 is 4.74 Å². The molecule has 3 aromatic carbocycles. The van der Waals surface area contributed by atoms with Gasteiger partial charge >= 0.3 is 6.36 Å². The molecule has 3 aromatic rings. The molecule has 0 saturated carbocycles. The molecule has 0 atom stereocenters. The van der Waals surface area contributed by atoms with Crippen LogP contribution in [0.5, 0.6) is 5.75 Å². The van der Waals surface area contributed by atoms with Crippen LogP contribution >= 0.6 is 11.6 Å². The minimum absolute atomic E-state index is 0.0539. The summed E-state index contributed by atoms with van der Waals surface area (Å²) in [6.07, 6.45) is -3.05. The molecule has 0 unspecified atom stereocenters. The number of aryl methyl sites for hydroxylation is 1. The van der Waals surface area contributed by atoms with Crippen LogP contribution in [0.1, 0.15) is 36.1 Å². The number of hydrogen-bond donors (Lipinski definition) is 0. The summed E-state index contributed by atoms with van der Waals surface area (Å²) < 4.78 is 41.4. The molecule has 0 fully saturated rings. The number of carbonyl (C=O) groups excluding carboxylic acids is 1. The van der Waals surface area contributed by atoms with Crippen molar-refractivity contribution in [2.75, 3.05) is 7.05 Å². The van der Waals surface area contributed by atoms with E-state index in [1.54, 1.807) is 32.3 Å². The van der Waals surface area contributed by atoms with Crippen molar-refractivity contribution in [3.8, 4) is 5.75 Å². The summed E-state index contributed by atoms with van der Waals surface area (Å²) in [6, 6.07) is 20.6. The Kier molecular flexibility index (Phi) is 9.47. The van der Waals surface area contributed by atoms with E-state index in [9.17, 15) is 18.0 Å². The van der Waals surface area contributed by atoms with Gasteiger partial charge in [0.25, 0.3) is 0 Å². The normalized spacial score (nSPS) is 12.9. The molecule has 0 aliphatic rings. The minimum atomic E-state index is -4.78. The van der Waals surface area contributed by atoms with Crippen molar-refractivity contribution in [1.82, 2.24) is 5.01 Å². The van der Waals surface area contributed by atoms with Gasteiger partial charge in [-0.05, 0) is 54.8 Å². The maximum atomic E-state index is 12.5. The number of hydrogen-bond acceptors (Lipinski definition) is 4. The first-order valence-corrected chi connectivity index (χ1v) is 12.0. The number of nitrogens with zero attached hydrogens (tertiary/aromatic N) is 3. The number of ether oxygens (including phenoxy) is 1. The van der Waals surface area contributed by atoms with Crippen molar-refractivity contribution >= 4 is 40.6 Å². The lowest BCUT2D eigenvalue weighted by molar-refractivity contribution is -0.274. The smallest absolute Gasteiger partial charge is 0.406 e. The number of allylic oxidation sites excluding steroid dienone is 2. The number of amides is 1. The summed E-state index contributed by atoms with van der Waals surface area (Å²) in [7, 11) is 1.67. The molecule has 0 N–H and O–H groups in total. The molecule has 0 aliphatic carbocycles. The molecule has 0 spiro atoms. The molecule has 0 bridgehead atoms. The Bertz CT molecular complexity index is 1350. The average molecular weight is 542 g/mol. The predicted molar refractivity (Wildman–Crippen MR) is 146 cm³/mol. The summed E-state index contributed by atoms with van der Waals surface area (Å²) in [6.45, 7) is 5.22. The van der Waals surface area contributed by atoms with Crippen molar-refractivity contribution in [3.63, 3.8) is 0 Å². The highest BCUT2D eigenvalue weighted by atomic mass is 35.5. The first-order chi connectivity index (χ1) is 18.0. The van der Waals surface area contributed by atoms with Crippen LogP contribution in [0.25, 0.3) is 11.1 Å². The van der Waals surface area contributed by atoms with E-state index >= 15 is 0 Å². The van der Waals surface area contributed by atoms with Crippen LogP contribution in [-0.4, -0.2) is 36.3 Å². The van der Waals surface area contributed by atoms with Crippen molar-refractivity contribution in [1.29, 1.82) is 0 Å². The number of benzene rings is 3. The predicted octanol–water partition coefficient (Wildman–Crippen LogP) is 7.58. The van der Waals surface area contributed by atoms with E-state index in [-0.39, 0.29) is 18.2 Å². The third-order valence-corrected chi connectivity index (χ3v) is 5.76. The largest absolute Gasteiger partial charge is 0.573 e. The molecule has 0 aliphatic heterocycles. The highest BCUT2D eigenvalue weighted by molar-refractivity contribution is 6.38. The summed E-state index contributed by atoms with van der Waals surface area (Å²) in [4.78, 5) is 16.8. The standard InChI is InChI=1S/C29H27ClF3N3O2/c1-19-5-9-24(10-6-19)28(27(17-34-4)23-11-13-25(30)14-12-23)20(2)35-36(21(3)37)18-22-7-15-26(16-8-22)38-29(31,32)33/h5-17H,18H2,1-4H3/b28-27-,34-17?,35-20+. The number of aliphatic imine (C=N–C) groups is 1. The van der Waals surface area contributed by atoms with E-state index in [4.69, 9.17) is 11.6 Å². The fourth-order valence-electron chi connectivity index (χ4n) is 3.74. The summed E-state index contributed by atoms with van der Waals surface area (Å²) in [5.41, 5.74) is 5.50. The van der Waals surface area contributed by atoms with Crippen LogP contribution in [0, 0.1) is 6.92 Å². The second-order valence-corrected chi connectivity index (χ2v) is 8.94. The Labute approximate surface area is 224 Å². The summed E-state index contributed by atoms with van der Waals surface area (Å²) >= 11 is 6.11. The molecule has 198 valence electrons. The van der Waals surface area contributed by atoms with Crippen LogP contribution in [-0.2, 0) is 11.3 Å². The molecule has 5 nitrogen and oxygen atoms in total. The molecule has 0 saturated heterocycles. The lowest BCUT2D eigenvalue weighted by Crippen LogP contribution is -2.24. The Morgan fingerprint density at radius 3 is 2.05 bits per heavy atom. The van der Waals surface area contributed by atoms with Crippen molar-refractivity contribution < 1.29 is 22.7 Å². The summed E-state index contributed by atoms with van der Waals surface area (Å²) in [5, 5.41) is 6.51. The fourth-order valence-corrected chi connectivity index (χ4v) is 3.87. The van der Waals surface area contributed by atoms with Gasteiger partial charge in [0, 0.05) is 36.4 Å². The van der Waals surface area contributed by atoms with E-state index in [1.165, 1.54) is 36.2 Å². The topological polar surface area (TPSA) is 54.3 Å². The first kappa shape index (κ1) is 28.7. The Hall–Kier alpha value is -3.91. The van der Waals surface area contributed by atoms with Gasteiger partial charge in [0.2, 0.25) is 5.91 Å². The molecule has 0 heterocycles. The Morgan fingerprint density at radius 2 is 1.53 bits per heavy atom. The van der Waals surface area contributed by atoms with E-state index in [0.29, 0.717) is 16.3 Å². The SMILES string of the molecule is CN=C/C(=C(\C(C)=N\N(Cc1ccc(OC(F)(F)F)cc1)C(C)=O)c1ccc(C)cc1)c1ccc(Cl)cc1. The maximum Gasteiger partial charge on any atom is 0.573 e. The molecule has 1 amide bonds. The molecule has 9 heteroatoms. The van der Waals surface area contributed by atoms with Crippen LogP contribution in [0.4, 0.5) is 13.2 Å². The monoisotopic (exact) mass is 541 g/mol. The van der Waals surface area contributed by atoms with Gasteiger partial charge in [-0.1, -0.05) is 65.7 Å². The van der Waals surface area contributed by atoms with Gasteiger partial charge in [0.1, 0.15) is 5.75 Å². The zero-order valence-electron chi connectivity index (χ0n) is 21.4. The molecular formula is C29H27ClF3N3O2. The second kappa shape index (κ2) is 12.6. The Balaban J connectivity index is 2.07. The van der Waals surface area contributed by atoms with Crippen LogP contribution in [0.2, 0.25) is 5.02 Å². The molecule has 3 rings (SSSR count). The lowest BCUT2D eigenvalue weighted by Gasteiger charge is -2.20. The maximum absolute atomic E-state index is 12.5. The van der Waals surface area contributed by atoms with Gasteiger partial charge in [-0.3, -0.25) is 9.79 Å².